The minimum Gasteiger partial charge on any atom is -0.497 e. The molecule has 0 spiro atoms. The van der Waals surface area contributed by atoms with E-state index in [1.807, 2.05) is 36.4 Å². The molecule has 152 valence electrons. The second-order valence-corrected chi connectivity index (χ2v) is 6.99. The molecule has 2 aromatic rings. The van der Waals surface area contributed by atoms with Crippen LogP contribution in [0.4, 0.5) is 0 Å². The molecule has 0 bridgehead atoms. The van der Waals surface area contributed by atoms with Gasteiger partial charge in [-0.25, -0.2) is 4.79 Å². The van der Waals surface area contributed by atoms with Gasteiger partial charge < -0.3 is 20.1 Å². The normalized spacial score (nSPS) is 16.7. The Kier molecular flexibility index (Phi) is 6.49. The van der Waals surface area contributed by atoms with Crippen LogP contribution in [0, 0.1) is 5.92 Å². The molecule has 2 N–H and O–H groups in total. The Bertz CT molecular complexity index is 953. The number of methoxy groups -OCH3 is 1. The van der Waals surface area contributed by atoms with Crippen molar-refractivity contribution in [3.8, 4) is 5.75 Å². The van der Waals surface area contributed by atoms with Gasteiger partial charge in [-0.3, -0.25) is 9.59 Å². The lowest BCUT2D eigenvalue weighted by molar-refractivity contribution is -0.149. The summed E-state index contributed by atoms with van der Waals surface area (Å²) >= 11 is 0. The molecule has 0 radical (unpaired) electrons. The Morgan fingerprint density at radius 3 is 2.69 bits per heavy atom. The number of carbonyl (C=O) groups excluding carboxylic acids is 3. The van der Waals surface area contributed by atoms with E-state index < -0.39 is 11.9 Å². The summed E-state index contributed by atoms with van der Waals surface area (Å²) in [5.74, 6) is -0.883. The van der Waals surface area contributed by atoms with E-state index in [4.69, 9.17) is 15.2 Å². The number of nitrogens with zero attached hydrogens (tertiary/aromatic N) is 1. The first-order chi connectivity index (χ1) is 14.0. The van der Waals surface area contributed by atoms with Crippen LogP contribution in [0.5, 0.6) is 5.75 Å². The number of rotatable bonds is 6. The summed E-state index contributed by atoms with van der Waals surface area (Å²) in [4.78, 5) is 37.0. The number of fused-ring (bicyclic) bond motifs is 1. The molecule has 29 heavy (non-hydrogen) atoms. The third kappa shape index (κ3) is 5.34. The summed E-state index contributed by atoms with van der Waals surface area (Å²) in [6, 6.07) is 11.5. The van der Waals surface area contributed by atoms with Crippen molar-refractivity contribution in [2.24, 2.45) is 11.7 Å². The minimum absolute atomic E-state index is 0.281. The van der Waals surface area contributed by atoms with Gasteiger partial charge in [0.15, 0.2) is 6.61 Å². The van der Waals surface area contributed by atoms with Crippen molar-refractivity contribution in [2.45, 2.75) is 12.8 Å². The van der Waals surface area contributed by atoms with Crippen LogP contribution in [-0.2, 0) is 19.1 Å². The molecule has 3 rings (SSSR count). The molecule has 1 aliphatic rings. The van der Waals surface area contributed by atoms with Crippen molar-refractivity contribution >= 4 is 34.6 Å². The van der Waals surface area contributed by atoms with E-state index in [2.05, 4.69) is 0 Å². The van der Waals surface area contributed by atoms with Crippen LogP contribution in [0.25, 0.3) is 16.8 Å². The van der Waals surface area contributed by atoms with E-state index in [-0.39, 0.29) is 25.0 Å². The van der Waals surface area contributed by atoms with Gasteiger partial charge in [0.2, 0.25) is 5.91 Å². The molecule has 2 aromatic carbocycles. The quantitative estimate of drug-likeness (QED) is 0.596. The summed E-state index contributed by atoms with van der Waals surface area (Å²) in [6.07, 6.45) is 4.32. The maximum absolute atomic E-state index is 12.2. The number of ether oxygens (including phenoxy) is 2. The zero-order chi connectivity index (χ0) is 20.8. The second-order valence-electron chi connectivity index (χ2n) is 6.99. The van der Waals surface area contributed by atoms with Crippen LogP contribution in [0.1, 0.15) is 18.4 Å². The van der Waals surface area contributed by atoms with Gasteiger partial charge in [-0.1, -0.05) is 18.2 Å². The standard InChI is InChI=1S/C22H24N2O5/c1-28-19-8-7-16-11-15(4-6-17(16)12-19)5-9-21(26)29-14-20(25)24-10-2-3-18(13-24)22(23)27/h4-9,11-12,18H,2-3,10,13-14H2,1H3,(H2,23,27)/b9-5+/t18-/m1/s1. The topological polar surface area (TPSA) is 98.9 Å². The van der Waals surface area contributed by atoms with Gasteiger partial charge in [0.1, 0.15) is 5.75 Å². The molecule has 1 aliphatic heterocycles. The lowest BCUT2D eigenvalue weighted by Crippen LogP contribution is -2.45. The molecule has 1 heterocycles. The molecule has 7 nitrogen and oxygen atoms in total. The van der Waals surface area contributed by atoms with Crippen LogP contribution >= 0.6 is 0 Å². The van der Waals surface area contributed by atoms with Crippen molar-refractivity contribution in [3.63, 3.8) is 0 Å². The van der Waals surface area contributed by atoms with E-state index in [1.165, 1.54) is 11.0 Å². The molecule has 0 aromatic heterocycles. The highest BCUT2D eigenvalue weighted by molar-refractivity contribution is 5.91. The van der Waals surface area contributed by atoms with Crippen molar-refractivity contribution in [2.75, 3.05) is 26.8 Å². The fraction of sp³-hybridized carbons (Fsp3) is 0.318. The molecule has 1 atom stereocenters. The monoisotopic (exact) mass is 396 g/mol. The predicted molar refractivity (Wildman–Crippen MR) is 109 cm³/mol. The Balaban J connectivity index is 1.53. The second kappa shape index (κ2) is 9.23. The number of hydrogen-bond acceptors (Lipinski definition) is 5. The summed E-state index contributed by atoms with van der Waals surface area (Å²) < 4.78 is 10.3. The molecule has 0 aliphatic carbocycles. The summed E-state index contributed by atoms with van der Waals surface area (Å²) in [7, 11) is 1.62. The molecule has 2 amide bonds. The number of esters is 1. The number of hydrogen-bond donors (Lipinski definition) is 1. The largest absolute Gasteiger partial charge is 0.497 e. The van der Waals surface area contributed by atoms with E-state index in [0.717, 1.165) is 22.1 Å². The fourth-order valence-electron chi connectivity index (χ4n) is 3.35. The van der Waals surface area contributed by atoms with E-state index in [9.17, 15) is 14.4 Å². The predicted octanol–water partition coefficient (Wildman–Crippen LogP) is 2.13. The lowest BCUT2D eigenvalue weighted by atomic mass is 9.97. The van der Waals surface area contributed by atoms with E-state index in [0.29, 0.717) is 19.4 Å². The average Bonchev–Trinajstić information content (AvgIpc) is 2.75. The lowest BCUT2D eigenvalue weighted by Gasteiger charge is -2.30. The number of amides is 2. The number of primary amides is 1. The van der Waals surface area contributed by atoms with Crippen molar-refractivity contribution < 1.29 is 23.9 Å². The SMILES string of the molecule is COc1ccc2cc(/C=C/C(=O)OCC(=O)N3CCC[C@@H](C(N)=O)C3)ccc2c1. The smallest absolute Gasteiger partial charge is 0.331 e. The van der Waals surface area contributed by atoms with Gasteiger partial charge in [0.25, 0.3) is 5.91 Å². The third-order valence-corrected chi connectivity index (χ3v) is 5.00. The van der Waals surface area contributed by atoms with Gasteiger partial charge in [0.05, 0.1) is 13.0 Å². The summed E-state index contributed by atoms with van der Waals surface area (Å²) in [5.41, 5.74) is 6.16. The van der Waals surface area contributed by atoms with Gasteiger partial charge in [-0.15, -0.1) is 0 Å². The first-order valence-electron chi connectivity index (χ1n) is 9.46. The fourth-order valence-corrected chi connectivity index (χ4v) is 3.35. The molecule has 0 saturated carbocycles. The summed E-state index contributed by atoms with van der Waals surface area (Å²) in [5, 5.41) is 2.05. The maximum atomic E-state index is 12.2. The first kappa shape index (κ1) is 20.4. The number of likely N-dealkylation sites (tertiary alicyclic amines) is 1. The number of benzene rings is 2. The van der Waals surface area contributed by atoms with Crippen molar-refractivity contribution in [1.82, 2.24) is 4.90 Å². The maximum Gasteiger partial charge on any atom is 0.331 e. The van der Waals surface area contributed by atoms with Crippen molar-refractivity contribution in [3.05, 3.63) is 48.0 Å². The molecule has 7 heteroatoms. The van der Waals surface area contributed by atoms with Gasteiger partial charge in [-0.05, 0) is 53.5 Å². The zero-order valence-corrected chi connectivity index (χ0v) is 16.3. The highest BCUT2D eigenvalue weighted by Crippen LogP contribution is 2.22. The number of nitrogens with two attached hydrogens (primary N) is 1. The van der Waals surface area contributed by atoms with E-state index >= 15 is 0 Å². The molecule has 1 saturated heterocycles. The molecule has 1 fully saturated rings. The highest BCUT2D eigenvalue weighted by atomic mass is 16.5. The van der Waals surface area contributed by atoms with Crippen LogP contribution in [0.3, 0.4) is 0 Å². The highest BCUT2D eigenvalue weighted by Gasteiger charge is 2.27. The van der Waals surface area contributed by atoms with Gasteiger partial charge in [-0.2, -0.15) is 0 Å². The Morgan fingerprint density at radius 2 is 1.93 bits per heavy atom. The molecule has 0 unspecified atom stereocenters. The molecular weight excluding hydrogens is 372 g/mol. The Hall–Kier alpha value is -3.35. The number of piperidine rings is 1. The van der Waals surface area contributed by atoms with Crippen LogP contribution in [0.2, 0.25) is 0 Å². The van der Waals surface area contributed by atoms with Crippen LogP contribution < -0.4 is 10.5 Å². The van der Waals surface area contributed by atoms with E-state index in [1.54, 1.807) is 13.2 Å². The van der Waals surface area contributed by atoms with Gasteiger partial charge >= 0.3 is 5.97 Å². The third-order valence-electron chi connectivity index (χ3n) is 5.00. The number of carbonyl (C=O) groups is 3. The Labute approximate surface area is 169 Å². The Morgan fingerprint density at radius 1 is 1.17 bits per heavy atom. The summed E-state index contributed by atoms with van der Waals surface area (Å²) in [6.45, 7) is 0.466. The first-order valence-corrected chi connectivity index (χ1v) is 9.46. The van der Waals surface area contributed by atoms with Crippen LogP contribution in [0.15, 0.2) is 42.5 Å². The van der Waals surface area contributed by atoms with Crippen molar-refractivity contribution in [1.29, 1.82) is 0 Å². The van der Waals surface area contributed by atoms with Gasteiger partial charge in [0, 0.05) is 19.2 Å². The zero-order valence-electron chi connectivity index (χ0n) is 16.3. The minimum atomic E-state index is -0.600. The molecular formula is C22H24N2O5. The van der Waals surface area contributed by atoms with Crippen LogP contribution in [-0.4, -0.2) is 49.5 Å². The average molecular weight is 396 g/mol.